The van der Waals surface area contributed by atoms with Crippen molar-refractivity contribution in [1.82, 2.24) is 0 Å². The van der Waals surface area contributed by atoms with Crippen molar-refractivity contribution in [2.24, 2.45) is 5.73 Å². The monoisotopic (exact) mass is 139 g/mol. The maximum atomic E-state index is 11.3. The van der Waals surface area contributed by atoms with Crippen LogP contribution in [0.15, 0.2) is 0 Å². The van der Waals surface area contributed by atoms with E-state index < -0.39 is 25.9 Å². The van der Waals surface area contributed by atoms with Gasteiger partial charge in [-0.2, -0.15) is 0 Å². The Labute approximate surface area is 51.6 Å². The minimum absolute atomic E-state index is 0.683. The Hall–Kier alpha value is -0.195. The average Bonchev–Trinajstić information content (AvgIpc) is 1.63. The molecule has 3 nitrogen and oxygen atoms in total. The average molecular weight is 139 g/mol. The summed E-state index contributed by atoms with van der Waals surface area (Å²) in [6.07, 6.45) is -3.26. The molecule has 9 heavy (non-hydrogen) atoms. The Bertz CT molecular complexity index is 82.2. The maximum Gasteiger partial charge on any atom is 0.469 e. The Morgan fingerprint density at radius 1 is 1.44 bits per heavy atom. The first-order valence-electron chi connectivity index (χ1n) is 2.44. The zero-order chi connectivity index (χ0) is 7.44. The van der Waals surface area contributed by atoms with Gasteiger partial charge in [-0.3, -0.25) is 0 Å². The second-order valence-electron chi connectivity index (χ2n) is 1.70. The lowest BCUT2D eigenvalue weighted by Gasteiger charge is -2.07. The number of halogens is 2. The van der Waals surface area contributed by atoms with Crippen LogP contribution < -0.4 is 5.73 Å². The summed E-state index contributed by atoms with van der Waals surface area (Å²) in [5.74, 6) is -1.25. The third kappa shape index (κ3) is 4.32. The Balaban J connectivity index is 3.38. The van der Waals surface area contributed by atoms with Gasteiger partial charge in [0.2, 0.25) is 6.43 Å². The van der Waals surface area contributed by atoms with E-state index in [0.717, 1.165) is 0 Å². The minimum atomic E-state index is -2.58. The van der Waals surface area contributed by atoms with Gasteiger partial charge in [0.1, 0.15) is 0 Å². The highest BCUT2D eigenvalue weighted by molar-refractivity contribution is 6.43. The van der Waals surface area contributed by atoms with Crippen molar-refractivity contribution in [2.45, 2.75) is 18.8 Å². The van der Waals surface area contributed by atoms with Gasteiger partial charge in [0, 0.05) is 12.4 Å². The van der Waals surface area contributed by atoms with Crippen molar-refractivity contribution in [3.8, 4) is 0 Å². The number of alkyl halides is 2. The van der Waals surface area contributed by atoms with Gasteiger partial charge in [-0.05, 0) is 0 Å². The fraction of sp³-hybridized carbons (Fsp3) is 1.00. The number of nitrogens with two attached hydrogens (primary N) is 1. The predicted molar refractivity (Wildman–Crippen MR) is 28.8 cm³/mol. The van der Waals surface area contributed by atoms with Crippen molar-refractivity contribution in [3.05, 3.63) is 0 Å². The lowest BCUT2D eigenvalue weighted by Crippen LogP contribution is -2.40. The van der Waals surface area contributed by atoms with Gasteiger partial charge >= 0.3 is 7.12 Å². The van der Waals surface area contributed by atoms with Gasteiger partial charge in [-0.15, -0.1) is 0 Å². The molecule has 0 aliphatic carbocycles. The Morgan fingerprint density at radius 2 is 1.89 bits per heavy atom. The summed E-state index contributed by atoms with van der Waals surface area (Å²) in [6.45, 7) is 0. The van der Waals surface area contributed by atoms with Crippen molar-refractivity contribution < 1.29 is 18.8 Å². The fourth-order valence-electron chi connectivity index (χ4n) is 0.327. The van der Waals surface area contributed by atoms with Crippen molar-refractivity contribution >= 4 is 7.12 Å². The Morgan fingerprint density at radius 3 is 2.00 bits per heavy atom. The van der Waals surface area contributed by atoms with Crippen LogP contribution in [-0.2, 0) is 0 Å². The van der Waals surface area contributed by atoms with Crippen LogP contribution >= 0.6 is 0 Å². The first kappa shape index (κ1) is 8.80. The summed E-state index contributed by atoms with van der Waals surface area (Å²) in [4.78, 5) is 0. The molecule has 0 aromatic carbocycles. The van der Waals surface area contributed by atoms with Gasteiger partial charge in [0.15, 0.2) is 0 Å². The zero-order valence-corrected chi connectivity index (χ0v) is 4.67. The third-order valence-corrected chi connectivity index (χ3v) is 0.833. The first-order chi connectivity index (χ1) is 4.04. The molecule has 0 radical (unpaired) electrons. The largest absolute Gasteiger partial charge is 0.469 e. The van der Waals surface area contributed by atoms with Gasteiger partial charge in [-0.25, -0.2) is 8.78 Å². The van der Waals surface area contributed by atoms with Crippen LogP contribution in [0.4, 0.5) is 8.78 Å². The summed E-state index contributed by atoms with van der Waals surface area (Å²) in [6, 6.07) is 0. The molecule has 0 saturated heterocycles. The second kappa shape index (κ2) is 3.76. The van der Waals surface area contributed by atoms with Crippen molar-refractivity contribution in [1.29, 1.82) is 0 Å². The smallest absolute Gasteiger partial charge is 0.426 e. The lowest BCUT2D eigenvalue weighted by atomic mass is 9.78. The fourth-order valence-corrected chi connectivity index (χ4v) is 0.327. The minimum Gasteiger partial charge on any atom is -0.426 e. The lowest BCUT2D eigenvalue weighted by molar-refractivity contribution is 0.132. The molecule has 1 unspecified atom stereocenters. The number of hydrogen-bond donors (Lipinski definition) is 3. The number of rotatable bonds is 3. The number of hydrogen-bond acceptors (Lipinski definition) is 3. The van der Waals surface area contributed by atoms with Crippen molar-refractivity contribution in [3.63, 3.8) is 0 Å². The third-order valence-electron chi connectivity index (χ3n) is 0.833. The summed E-state index contributed by atoms with van der Waals surface area (Å²) < 4.78 is 22.7. The molecular weight excluding hydrogens is 131 g/mol. The molecule has 0 amide bonds. The van der Waals surface area contributed by atoms with Crippen LogP contribution in [0.25, 0.3) is 0 Å². The quantitative estimate of drug-likeness (QED) is 0.438. The highest BCUT2D eigenvalue weighted by Gasteiger charge is 2.22. The molecule has 0 bridgehead atoms. The van der Waals surface area contributed by atoms with E-state index in [4.69, 9.17) is 15.8 Å². The molecular formula is C3H8BF2NO2. The van der Waals surface area contributed by atoms with E-state index in [-0.39, 0.29) is 0 Å². The molecule has 1 atom stereocenters. The van der Waals surface area contributed by atoms with E-state index in [1.165, 1.54) is 0 Å². The van der Waals surface area contributed by atoms with Crippen LogP contribution in [0.2, 0.25) is 0 Å². The molecule has 0 saturated carbocycles. The van der Waals surface area contributed by atoms with E-state index in [9.17, 15) is 8.78 Å². The van der Waals surface area contributed by atoms with Gasteiger partial charge in [0.25, 0.3) is 0 Å². The summed E-state index contributed by atoms with van der Waals surface area (Å²) in [7, 11) is -1.85. The second-order valence-corrected chi connectivity index (χ2v) is 1.70. The molecule has 0 rings (SSSR count). The summed E-state index contributed by atoms with van der Waals surface area (Å²) >= 11 is 0. The maximum absolute atomic E-state index is 11.3. The normalized spacial score (nSPS) is 14.0. The zero-order valence-electron chi connectivity index (χ0n) is 4.67. The molecule has 0 aliphatic rings. The topological polar surface area (TPSA) is 66.5 Å². The molecule has 0 aromatic rings. The van der Waals surface area contributed by atoms with Crippen LogP contribution in [0, 0.1) is 0 Å². The van der Waals surface area contributed by atoms with E-state index in [1.54, 1.807) is 0 Å². The van der Waals surface area contributed by atoms with E-state index in [0.29, 0.717) is 0 Å². The van der Waals surface area contributed by atoms with E-state index >= 15 is 0 Å². The van der Waals surface area contributed by atoms with Crippen LogP contribution in [0.5, 0.6) is 0 Å². The molecule has 0 fully saturated rings. The highest BCUT2D eigenvalue weighted by atomic mass is 19.3. The predicted octanol–water partition coefficient (Wildman–Crippen LogP) is -1.02. The molecule has 0 heterocycles. The standard InChI is InChI=1S/C3H8BF2NO2/c5-3(6)1-2(7)4(8)9/h2-3,8-9H,1,7H2. The van der Waals surface area contributed by atoms with Crippen LogP contribution in [-0.4, -0.2) is 29.5 Å². The van der Waals surface area contributed by atoms with Crippen molar-refractivity contribution in [2.75, 3.05) is 0 Å². The van der Waals surface area contributed by atoms with E-state index in [1.807, 2.05) is 0 Å². The highest BCUT2D eigenvalue weighted by Crippen LogP contribution is 2.01. The van der Waals surface area contributed by atoms with Gasteiger partial charge in [-0.1, -0.05) is 0 Å². The van der Waals surface area contributed by atoms with Gasteiger partial charge < -0.3 is 15.8 Å². The molecule has 0 spiro atoms. The molecule has 54 valence electrons. The van der Waals surface area contributed by atoms with Crippen LogP contribution in [0.3, 0.4) is 0 Å². The summed E-state index contributed by atoms with van der Waals surface area (Å²) in [5.41, 5.74) is 4.84. The SMILES string of the molecule is NC(CC(F)F)B(O)O. The Kier molecular flexibility index (Phi) is 3.68. The first-order valence-corrected chi connectivity index (χ1v) is 2.44. The molecule has 0 aliphatic heterocycles. The molecule has 0 aromatic heterocycles. The van der Waals surface area contributed by atoms with E-state index in [2.05, 4.69) is 0 Å². The molecule has 6 heteroatoms. The summed E-state index contributed by atoms with van der Waals surface area (Å²) in [5, 5.41) is 16.3. The van der Waals surface area contributed by atoms with Gasteiger partial charge in [0.05, 0.1) is 0 Å². The van der Waals surface area contributed by atoms with Crippen LogP contribution in [0.1, 0.15) is 6.42 Å². The molecule has 4 N–H and O–H groups in total.